The molecule has 27 heavy (non-hydrogen) atoms. The Kier molecular flexibility index (Phi) is 4.53. The smallest absolute Gasteiger partial charge is 0.250 e. The Labute approximate surface area is 155 Å². The third kappa shape index (κ3) is 3.49. The van der Waals surface area contributed by atoms with Crippen molar-refractivity contribution in [1.82, 2.24) is 14.1 Å². The number of nitrogens with zero attached hydrogens (tertiary/aromatic N) is 3. The Morgan fingerprint density at radius 3 is 2.74 bits per heavy atom. The van der Waals surface area contributed by atoms with Crippen LogP contribution in [-0.4, -0.2) is 47.4 Å². The lowest BCUT2D eigenvalue weighted by molar-refractivity contribution is -0.0533. The summed E-state index contributed by atoms with van der Waals surface area (Å²) in [5.41, 5.74) is 7.91. The van der Waals surface area contributed by atoms with Gasteiger partial charge in [-0.1, -0.05) is 0 Å². The van der Waals surface area contributed by atoms with Crippen LogP contribution in [0.3, 0.4) is 0 Å². The number of benzene rings is 1. The quantitative estimate of drug-likeness (QED) is 0.834. The summed E-state index contributed by atoms with van der Waals surface area (Å²) in [4.78, 5) is 2.11. The van der Waals surface area contributed by atoms with Crippen LogP contribution >= 0.6 is 0 Å². The maximum absolute atomic E-state index is 14.0. The van der Waals surface area contributed by atoms with E-state index in [-0.39, 0.29) is 11.6 Å². The van der Waals surface area contributed by atoms with Crippen molar-refractivity contribution >= 4 is 10.0 Å². The van der Waals surface area contributed by atoms with Crippen LogP contribution in [0.25, 0.3) is 0 Å². The van der Waals surface area contributed by atoms with E-state index in [1.54, 1.807) is 0 Å². The number of aromatic nitrogens is 2. The summed E-state index contributed by atoms with van der Waals surface area (Å²) in [6.45, 7) is 1.37. The van der Waals surface area contributed by atoms with Gasteiger partial charge in [0.25, 0.3) is 10.0 Å². The number of nitrogens with two attached hydrogens (primary N) is 1. The first-order valence-electron chi connectivity index (χ1n) is 8.56. The first-order valence-corrected chi connectivity index (χ1v) is 10.4. The molecule has 0 saturated carbocycles. The molecule has 146 valence electrons. The van der Waals surface area contributed by atoms with Gasteiger partial charge in [-0.15, -0.1) is 0 Å². The van der Waals surface area contributed by atoms with Gasteiger partial charge in [0.1, 0.15) is 17.7 Å². The second-order valence-electron chi connectivity index (χ2n) is 7.11. The van der Waals surface area contributed by atoms with Gasteiger partial charge >= 0.3 is 0 Å². The standard InChI is InChI=1S/C17H20F2N4O3S/c1-27(24,25)23-7-10-6-22(8-16(10)21-23)12-5-15(20)17(26-9-12)13-4-11(18)2-3-14(13)19/h2-4,7,12,15,17H,5-6,8-9,20H2,1H3/t12-,15-,17-/m0/s1. The van der Waals surface area contributed by atoms with E-state index in [0.717, 1.165) is 34.1 Å². The minimum absolute atomic E-state index is 0.00578. The molecular formula is C17H20F2N4O3S. The van der Waals surface area contributed by atoms with Crippen molar-refractivity contribution in [3.05, 3.63) is 52.9 Å². The zero-order valence-electron chi connectivity index (χ0n) is 14.7. The van der Waals surface area contributed by atoms with Gasteiger partial charge in [0.05, 0.1) is 18.6 Å². The Balaban J connectivity index is 1.44. The molecule has 0 radical (unpaired) electrons. The van der Waals surface area contributed by atoms with Crippen molar-refractivity contribution in [3.63, 3.8) is 0 Å². The van der Waals surface area contributed by atoms with Crippen LogP contribution in [0.15, 0.2) is 24.4 Å². The molecule has 10 heteroatoms. The van der Waals surface area contributed by atoms with Gasteiger partial charge in [0, 0.05) is 42.5 Å². The number of ether oxygens (including phenoxy) is 1. The molecule has 2 aromatic rings. The maximum Gasteiger partial charge on any atom is 0.250 e. The van der Waals surface area contributed by atoms with E-state index >= 15 is 0 Å². The van der Waals surface area contributed by atoms with Gasteiger partial charge < -0.3 is 10.5 Å². The predicted octanol–water partition coefficient (Wildman–Crippen LogP) is 1.14. The molecule has 4 rings (SSSR count). The number of rotatable bonds is 3. The summed E-state index contributed by atoms with van der Waals surface area (Å²) in [7, 11) is -3.40. The summed E-state index contributed by atoms with van der Waals surface area (Å²) < 4.78 is 57.4. The maximum atomic E-state index is 14.0. The Morgan fingerprint density at radius 1 is 1.30 bits per heavy atom. The molecule has 2 aliphatic rings. The molecule has 0 spiro atoms. The first kappa shape index (κ1) is 18.5. The molecular weight excluding hydrogens is 378 g/mol. The number of halogens is 2. The Morgan fingerprint density at radius 2 is 2.07 bits per heavy atom. The van der Waals surface area contributed by atoms with Crippen molar-refractivity contribution in [2.24, 2.45) is 5.73 Å². The average molecular weight is 398 g/mol. The minimum atomic E-state index is -3.40. The fourth-order valence-electron chi connectivity index (χ4n) is 3.73. The monoisotopic (exact) mass is 398 g/mol. The fraction of sp³-hybridized carbons (Fsp3) is 0.471. The summed E-state index contributed by atoms with van der Waals surface area (Å²) in [6.07, 6.45) is 2.49. The van der Waals surface area contributed by atoms with E-state index in [2.05, 4.69) is 10.00 Å². The van der Waals surface area contributed by atoms with E-state index < -0.39 is 33.8 Å². The molecule has 0 unspecified atom stereocenters. The first-order chi connectivity index (χ1) is 12.7. The normalized spacial score (nSPS) is 26.3. The third-order valence-corrected chi connectivity index (χ3v) is 5.97. The van der Waals surface area contributed by atoms with Gasteiger partial charge in [-0.2, -0.15) is 9.19 Å². The van der Waals surface area contributed by atoms with Crippen molar-refractivity contribution in [3.8, 4) is 0 Å². The van der Waals surface area contributed by atoms with E-state index in [9.17, 15) is 17.2 Å². The largest absolute Gasteiger partial charge is 0.370 e. The predicted molar refractivity (Wildman–Crippen MR) is 93.1 cm³/mol. The SMILES string of the molecule is CS(=O)(=O)n1cc2c(n1)CN([C@@H]1CO[C@@H](c3cc(F)ccc3F)[C@@H](N)C1)C2. The zero-order chi connectivity index (χ0) is 19.3. The van der Waals surface area contributed by atoms with E-state index in [1.807, 2.05) is 0 Å². The molecule has 0 aliphatic carbocycles. The summed E-state index contributed by atoms with van der Waals surface area (Å²) >= 11 is 0. The van der Waals surface area contributed by atoms with Gasteiger partial charge in [0.15, 0.2) is 0 Å². The molecule has 2 N–H and O–H groups in total. The highest BCUT2D eigenvalue weighted by molar-refractivity contribution is 7.89. The van der Waals surface area contributed by atoms with E-state index in [1.165, 1.54) is 6.20 Å². The van der Waals surface area contributed by atoms with Crippen molar-refractivity contribution in [2.45, 2.75) is 37.7 Å². The van der Waals surface area contributed by atoms with Gasteiger partial charge in [0.2, 0.25) is 0 Å². The lowest BCUT2D eigenvalue weighted by Crippen LogP contribution is -2.47. The van der Waals surface area contributed by atoms with Crippen molar-refractivity contribution < 1.29 is 21.9 Å². The molecule has 1 fully saturated rings. The molecule has 1 aromatic carbocycles. The summed E-state index contributed by atoms with van der Waals surface area (Å²) in [6, 6.07) is 2.78. The molecule has 1 saturated heterocycles. The fourth-order valence-corrected chi connectivity index (χ4v) is 4.30. The highest BCUT2D eigenvalue weighted by atomic mass is 32.2. The summed E-state index contributed by atoms with van der Waals surface area (Å²) in [5.74, 6) is -1.07. The highest BCUT2D eigenvalue weighted by Crippen LogP contribution is 2.34. The van der Waals surface area contributed by atoms with Gasteiger partial charge in [-0.3, -0.25) is 4.90 Å². The average Bonchev–Trinajstić information content (AvgIpc) is 3.16. The zero-order valence-corrected chi connectivity index (χ0v) is 15.5. The molecule has 0 amide bonds. The Hall–Kier alpha value is -1.88. The van der Waals surface area contributed by atoms with Crippen LogP contribution < -0.4 is 5.73 Å². The second-order valence-corrected chi connectivity index (χ2v) is 8.95. The molecule has 3 heterocycles. The van der Waals surface area contributed by atoms with E-state index in [0.29, 0.717) is 31.8 Å². The van der Waals surface area contributed by atoms with Crippen molar-refractivity contribution in [2.75, 3.05) is 12.9 Å². The molecule has 1 aromatic heterocycles. The minimum Gasteiger partial charge on any atom is -0.370 e. The lowest BCUT2D eigenvalue weighted by atomic mass is 9.93. The van der Waals surface area contributed by atoms with Crippen molar-refractivity contribution in [1.29, 1.82) is 0 Å². The van der Waals surface area contributed by atoms with E-state index in [4.69, 9.17) is 10.5 Å². The molecule has 0 bridgehead atoms. The second kappa shape index (κ2) is 6.62. The van der Waals surface area contributed by atoms with Gasteiger partial charge in [-0.05, 0) is 24.6 Å². The number of fused-ring (bicyclic) bond motifs is 1. The van der Waals surface area contributed by atoms with Gasteiger partial charge in [-0.25, -0.2) is 17.2 Å². The lowest BCUT2D eigenvalue weighted by Gasteiger charge is -2.38. The number of hydrogen-bond donors (Lipinski definition) is 1. The molecule has 7 nitrogen and oxygen atoms in total. The van der Waals surface area contributed by atoms with Crippen LogP contribution in [0.5, 0.6) is 0 Å². The van der Waals surface area contributed by atoms with Crippen LogP contribution in [-0.2, 0) is 27.8 Å². The molecule has 3 atom stereocenters. The van der Waals surface area contributed by atoms with Crippen LogP contribution in [0.1, 0.15) is 29.3 Å². The van der Waals surface area contributed by atoms with Crippen LogP contribution in [0.4, 0.5) is 8.78 Å². The Bertz CT molecular complexity index is 955. The topological polar surface area (TPSA) is 90.5 Å². The number of hydrogen-bond acceptors (Lipinski definition) is 6. The van der Waals surface area contributed by atoms with Crippen LogP contribution in [0.2, 0.25) is 0 Å². The highest BCUT2D eigenvalue weighted by Gasteiger charge is 2.37. The van der Waals surface area contributed by atoms with Crippen LogP contribution in [0, 0.1) is 11.6 Å². The third-order valence-electron chi connectivity index (χ3n) is 5.10. The summed E-state index contributed by atoms with van der Waals surface area (Å²) in [5, 5.41) is 4.13. The molecule has 2 aliphatic heterocycles.